The number of methoxy groups -OCH3 is 1. The maximum absolute atomic E-state index is 13.1. The van der Waals surface area contributed by atoms with Gasteiger partial charge in [-0.15, -0.1) is 0 Å². The first-order valence-electron chi connectivity index (χ1n) is 8.65. The molecule has 7 nitrogen and oxygen atoms in total. The number of carbonyl (C=O) groups is 3. The minimum Gasteiger partial charge on any atom is -0.385 e. The summed E-state index contributed by atoms with van der Waals surface area (Å²) in [5.41, 5.74) is -0.112. The Balaban J connectivity index is 1.77. The number of rotatable bonds is 4. The normalized spacial score (nSPS) is 32.3. The Bertz CT molecular complexity index is 814. The topological polar surface area (TPSA) is 87.7 Å². The molecular weight excluding hydrogens is 358 g/mol. The molecule has 138 valence electrons. The van der Waals surface area contributed by atoms with Gasteiger partial charge in [0.15, 0.2) is 0 Å². The van der Waals surface area contributed by atoms with Gasteiger partial charge in [0, 0.05) is 31.9 Å². The summed E-state index contributed by atoms with van der Waals surface area (Å²) in [5, 5.41) is 6.46. The van der Waals surface area contributed by atoms with Gasteiger partial charge < -0.3 is 10.1 Å². The number of ether oxygens (including phenoxy) is 1. The van der Waals surface area contributed by atoms with Crippen LogP contribution in [-0.2, 0) is 24.7 Å². The molecule has 4 atom stereocenters. The highest BCUT2D eigenvalue weighted by Gasteiger charge is 2.69. The molecule has 1 aromatic rings. The van der Waals surface area contributed by atoms with E-state index in [1.807, 2.05) is 6.92 Å². The fraction of sp³-hybridized carbons (Fsp3) is 0.500. The molecule has 26 heavy (non-hydrogen) atoms. The first-order chi connectivity index (χ1) is 12.4. The molecule has 0 aliphatic carbocycles. The molecule has 3 aliphatic rings. The lowest BCUT2D eigenvalue weighted by molar-refractivity contribution is -0.143. The molecule has 0 unspecified atom stereocenters. The molecule has 2 saturated heterocycles. The summed E-state index contributed by atoms with van der Waals surface area (Å²) < 4.78 is 5.02. The molecule has 1 aromatic carbocycles. The number of halogens is 1. The summed E-state index contributed by atoms with van der Waals surface area (Å²) in [6.45, 7) is 2.60. The van der Waals surface area contributed by atoms with Crippen LogP contribution in [0.1, 0.15) is 18.9 Å². The largest absolute Gasteiger partial charge is 0.385 e. The number of imide groups is 1. The van der Waals surface area contributed by atoms with E-state index in [1.54, 1.807) is 25.3 Å². The summed E-state index contributed by atoms with van der Waals surface area (Å²) >= 11 is 6.24. The monoisotopic (exact) mass is 377 g/mol. The smallest absolute Gasteiger partial charge is 0.250 e. The molecular formula is C18H20ClN3O4. The number of hydrogen-bond donors (Lipinski definition) is 2. The highest BCUT2D eigenvalue weighted by atomic mass is 35.5. The van der Waals surface area contributed by atoms with Crippen LogP contribution in [0.5, 0.6) is 0 Å². The lowest BCUT2D eigenvalue weighted by Gasteiger charge is -2.29. The summed E-state index contributed by atoms with van der Waals surface area (Å²) in [6, 6.07) is 4.92. The van der Waals surface area contributed by atoms with Gasteiger partial charge in [0.25, 0.3) is 0 Å². The van der Waals surface area contributed by atoms with Crippen molar-refractivity contribution < 1.29 is 19.1 Å². The second-order valence-electron chi connectivity index (χ2n) is 7.04. The Hall–Kier alpha value is -1.96. The van der Waals surface area contributed by atoms with Crippen LogP contribution in [0.15, 0.2) is 18.2 Å². The van der Waals surface area contributed by atoms with Crippen molar-refractivity contribution in [2.24, 2.45) is 11.8 Å². The van der Waals surface area contributed by atoms with E-state index in [2.05, 4.69) is 10.6 Å². The van der Waals surface area contributed by atoms with Crippen molar-refractivity contribution in [3.8, 4) is 0 Å². The van der Waals surface area contributed by atoms with Gasteiger partial charge in [0.1, 0.15) is 5.54 Å². The molecule has 0 radical (unpaired) electrons. The fourth-order valence-electron chi connectivity index (χ4n) is 4.60. The minimum atomic E-state index is -1.26. The number of anilines is 1. The quantitative estimate of drug-likeness (QED) is 0.606. The van der Waals surface area contributed by atoms with E-state index in [-0.39, 0.29) is 23.8 Å². The van der Waals surface area contributed by atoms with Crippen molar-refractivity contribution in [2.45, 2.75) is 24.9 Å². The zero-order valence-electron chi connectivity index (χ0n) is 14.5. The summed E-state index contributed by atoms with van der Waals surface area (Å²) in [7, 11) is 1.58. The fourth-order valence-corrected chi connectivity index (χ4v) is 4.82. The van der Waals surface area contributed by atoms with E-state index in [0.29, 0.717) is 35.8 Å². The Labute approximate surface area is 156 Å². The number of benzene rings is 1. The van der Waals surface area contributed by atoms with E-state index < -0.39 is 17.4 Å². The number of amides is 3. The van der Waals surface area contributed by atoms with Crippen molar-refractivity contribution in [3.05, 3.63) is 28.8 Å². The predicted molar refractivity (Wildman–Crippen MR) is 94.6 cm³/mol. The molecule has 4 rings (SSSR count). The van der Waals surface area contributed by atoms with Gasteiger partial charge in [-0.05, 0) is 19.4 Å². The van der Waals surface area contributed by atoms with Gasteiger partial charge in [-0.3, -0.25) is 24.6 Å². The molecule has 8 heteroatoms. The van der Waals surface area contributed by atoms with Gasteiger partial charge >= 0.3 is 0 Å². The number of fused-ring (bicyclic) bond motifs is 4. The van der Waals surface area contributed by atoms with Gasteiger partial charge in [0.05, 0.1) is 22.5 Å². The van der Waals surface area contributed by atoms with Crippen LogP contribution in [0.2, 0.25) is 5.02 Å². The van der Waals surface area contributed by atoms with Gasteiger partial charge in [0.2, 0.25) is 17.7 Å². The minimum absolute atomic E-state index is 0.226. The second-order valence-corrected chi connectivity index (χ2v) is 7.44. The first-order valence-corrected chi connectivity index (χ1v) is 9.03. The SMILES string of the molecule is COCCCN1C(=O)[C@@H]2[C@H](C)N[C@@]3(C(=O)Nc4c(Cl)cccc43)[C@@H]2C1=O. The zero-order valence-corrected chi connectivity index (χ0v) is 15.3. The maximum Gasteiger partial charge on any atom is 0.250 e. The van der Waals surface area contributed by atoms with Crippen LogP contribution in [-0.4, -0.2) is 48.9 Å². The van der Waals surface area contributed by atoms with Gasteiger partial charge in [-0.25, -0.2) is 0 Å². The molecule has 0 saturated carbocycles. The lowest BCUT2D eigenvalue weighted by atomic mass is 9.76. The average Bonchev–Trinajstić information content (AvgIpc) is 3.16. The van der Waals surface area contributed by atoms with E-state index >= 15 is 0 Å². The highest BCUT2D eigenvalue weighted by Crippen LogP contribution is 2.53. The van der Waals surface area contributed by atoms with Crippen molar-refractivity contribution in [2.75, 3.05) is 25.6 Å². The molecule has 2 fully saturated rings. The van der Waals surface area contributed by atoms with Crippen LogP contribution in [0, 0.1) is 11.8 Å². The lowest BCUT2D eigenvalue weighted by Crippen LogP contribution is -2.53. The van der Waals surface area contributed by atoms with Crippen LogP contribution in [0.4, 0.5) is 5.69 Å². The van der Waals surface area contributed by atoms with Gasteiger partial charge in [-0.2, -0.15) is 0 Å². The van der Waals surface area contributed by atoms with E-state index in [0.717, 1.165) is 0 Å². The predicted octanol–water partition coefficient (Wildman–Crippen LogP) is 1.12. The molecule has 2 N–H and O–H groups in total. The Morgan fingerprint density at radius 2 is 2.04 bits per heavy atom. The average molecular weight is 378 g/mol. The van der Waals surface area contributed by atoms with Crippen LogP contribution in [0.25, 0.3) is 0 Å². The number of nitrogens with zero attached hydrogens (tertiary/aromatic N) is 1. The van der Waals surface area contributed by atoms with E-state index in [9.17, 15) is 14.4 Å². The summed E-state index contributed by atoms with van der Waals surface area (Å²) in [6.07, 6.45) is 0.566. The second kappa shape index (κ2) is 6.04. The zero-order chi connectivity index (χ0) is 18.6. The number of carbonyl (C=O) groups excluding carboxylic acids is 3. The third-order valence-electron chi connectivity index (χ3n) is 5.67. The Morgan fingerprint density at radius 3 is 2.77 bits per heavy atom. The number of hydrogen-bond acceptors (Lipinski definition) is 5. The van der Waals surface area contributed by atoms with Crippen molar-refractivity contribution in [1.29, 1.82) is 0 Å². The van der Waals surface area contributed by atoms with Crippen molar-refractivity contribution in [3.63, 3.8) is 0 Å². The van der Waals surface area contributed by atoms with Crippen LogP contribution in [0.3, 0.4) is 0 Å². The molecule has 1 spiro atoms. The van der Waals surface area contributed by atoms with E-state index in [4.69, 9.17) is 16.3 Å². The van der Waals surface area contributed by atoms with Crippen LogP contribution < -0.4 is 10.6 Å². The molecule has 3 aliphatic heterocycles. The number of para-hydroxylation sites is 1. The van der Waals surface area contributed by atoms with Crippen LogP contribution >= 0.6 is 11.6 Å². The number of nitrogens with one attached hydrogen (secondary N) is 2. The highest BCUT2D eigenvalue weighted by molar-refractivity contribution is 6.35. The molecule has 0 bridgehead atoms. The Morgan fingerprint density at radius 1 is 1.27 bits per heavy atom. The third kappa shape index (κ3) is 2.11. The van der Waals surface area contributed by atoms with Crippen molar-refractivity contribution in [1.82, 2.24) is 10.2 Å². The molecule has 3 amide bonds. The van der Waals surface area contributed by atoms with Gasteiger partial charge in [-0.1, -0.05) is 23.7 Å². The molecule has 3 heterocycles. The third-order valence-corrected chi connectivity index (χ3v) is 5.98. The first kappa shape index (κ1) is 17.5. The maximum atomic E-state index is 13.1. The number of likely N-dealkylation sites (tertiary alicyclic amines) is 1. The Kier molecular flexibility index (Phi) is 4.06. The summed E-state index contributed by atoms with van der Waals surface area (Å²) in [4.78, 5) is 40.3. The van der Waals surface area contributed by atoms with Crippen molar-refractivity contribution >= 4 is 35.0 Å². The van der Waals surface area contributed by atoms with E-state index in [1.165, 1.54) is 4.90 Å². The summed E-state index contributed by atoms with van der Waals surface area (Å²) in [5.74, 6) is -2.21. The molecule has 0 aromatic heterocycles. The standard InChI is InChI=1S/C18H20ClN3O4/c1-9-12-13(16(24)22(15(12)23)7-4-8-26-2)18(21-9)10-5-3-6-11(19)14(10)20-17(18)25/h3,5-6,9,12-13,21H,4,7-8H2,1-2H3,(H,20,25)/t9-,12+,13-,18+/m0/s1.